The van der Waals surface area contributed by atoms with Crippen molar-refractivity contribution in [2.45, 2.75) is 6.92 Å². The van der Waals surface area contributed by atoms with Gasteiger partial charge in [-0.1, -0.05) is 0 Å². The molecule has 0 unspecified atom stereocenters. The Hall–Kier alpha value is -2.24. The highest BCUT2D eigenvalue weighted by Gasteiger charge is 2.15. The zero-order valence-corrected chi connectivity index (χ0v) is 10.3. The Kier molecular flexibility index (Phi) is 4.98. The Morgan fingerprint density at radius 3 is 2.67 bits per heavy atom. The highest BCUT2D eigenvalue weighted by Crippen LogP contribution is 2.22. The third kappa shape index (κ3) is 3.65. The Bertz CT molecular complexity index is 444. The number of hydrogen-bond donors (Lipinski definition) is 1. The summed E-state index contributed by atoms with van der Waals surface area (Å²) in [5, 5.41) is 0. The molecule has 6 nitrogen and oxygen atoms in total. The molecule has 0 aliphatic rings. The topological polar surface area (TPSA) is 87.9 Å². The largest absolute Gasteiger partial charge is 0.481 e. The predicted molar refractivity (Wildman–Crippen MR) is 64.3 cm³/mol. The van der Waals surface area contributed by atoms with E-state index in [0.717, 1.165) is 0 Å². The van der Waals surface area contributed by atoms with Gasteiger partial charge in [0.1, 0.15) is 11.3 Å². The van der Waals surface area contributed by atoms with Gasteiger partial charge in [-0.2, -0.15) is 0 Å². The van der Waals surface area contributed by atoms with E-state index in [1.54, 1.807) is 13.0 Å². The number of ether oxygens (including phenoxy) is 3. The van der Waals surface area contributed by atoms with E-state index in [0.29, 0.717) is 5.69 Å². The average molecular weight is 253 g/mol. The molecule has 0 radical (unpaired) electrons. The molecule has 0 spiro atoms. The number of esters is 2. The first-order valence-corrected chi connectivity index (χ1v) is 5.34. The quantitative estimate of drug-likeness (QED) is 0.622. The second-order valence-electron chi connectivity index (χ2n) is 3.34. The summed E-state index contributed by atoms with van der Waals surface area (Å²) in [4.78, 5) is 22.6. The van der Waals surface area contributed by atoms with E-state index in [1.807, 2.05) is 0 Å². The third-order valence-electron chi connectivity index (χ3n) is 2.07. The number of nitrogens with two attached hydrogens (primary N) is 1. The summed E-state index contributed by atoms with van der Waals surface area (Å²) in [6.45, 7) is 1.65. The van der Waals surface area contributed by atoms with Crippen molar-refractivity contribution in [1.29, 1.82) is 0 Å². The number of nitrogen functional groups attached to an aromatic ring is 1. The summed E-state index contributed by atoms with van der Waals surface area (Å²) >= 11 is 0. The first-order valence-electron chi connectivity index (χ1n) is 5.34. The van der Waals surface area contributed by atoms with Gasteiger partial charge in [0.15, 0.2) is 6.61 Å². The van der Waals surface area contributed by atoms with E-state index in [-0.39, 0.29) is 24.5 Å². The number of carbonyl (C=O) groups excluding carboxylic acids is 2. The van der Waals surface area contributed by atoms with E-state index in [4.69, 9.17) is 15.2 Å². The minimum atomic E-state index is -0.551. The summed E-state index contributed by atoms with van der Waals surface area (Å²) in [5.74, 6) is -0.862. The van der Waals surface area contributed by atoms with Crippen LogP contribution in [0.3, 0.4) is 0 Å². The normalized spacial score (nSPS) is 9.67. The molecule has 98 valence electrons. The fraction of sp³-hybridized carbons (Fsp3) is 0.333. The van der Waals surface area contributed by atoms with Crippen LogP contribution in [0.25, 0.3) is 0 Å². The lowest BCUT2D eigenvalue weighted by Crippen LogP contribution is -2.15. The lowest BCUT2D eigenvalue weighted by molar-refractivity contribution is -0.142. The van der Waals surface area contributed by atoms with Crippen molar-refractivity contribution in [3.05, 3.63) is 23.8 Å². The first-order chi connectivity index (χ1) is 8.58. The second kappa shape index (κ2) is 6.48. The lowest BCUT2D eigenvalue weighted by Gasteiger charge is -2.10. The molecule has 0 bridgehead atoms. The second-order valence-corrected chi connectivity index (χ2v) is 3.34. The zero-order chi connectivity index (χ0) is 13.5. The highest BCUT2D eigenvalue weighted by molar-refractivity contribution is 5.93. The van der Waals surface area contributed by atoms with Gasteiger partial charge in [-0.3, -0.25) is 0 Å². The number of anilines is 1. The number of rotatable bonds is 5. The van der Waals surface area contributed by atoms with Crippen LogP contribution in [-0.2, 0) is 14.3 Å². The van der Waals surface area contributed by atoms with Crippen LogP contribution in [0.1, 0.15) is 17.3 Å². The maximum absolute atomic E-state index is 11.7. The Morgan fingerprint density at radius 1 is 1.33 bits per heavy atom. The van der Waals surface area contributed by atoms with Crippen LogP contribution in [0.15, 0.2) is 18.2 Å². The van der Waals surface area contributed by atoms with Crippen molar-refractivity contribution in [3.8, 4) is 5.75 Å². The van der Waals surface area contributed by atoms with Crippen LogP contribution in [0.4, 0.5) is 5.69 Å². The van der Waals surface area contributed by atoms with Crippen molar-refractivity contribution in [1.82, 2.24) is 0 Å². The Labute approximate surface area is 105 Å². The molecule has 0 aliphatic heterocycles. The summed E-state index contributed by atoms with van der Waals surface area (Å²) < 4.78 is 14.5. The van der Waals surface area contributed by atoms with E-state index in [2.05, 4.69) is 4.74 Å². The van der Waals surface area contributed by atoms with Gasteiger partial charge in [0.05, 0.1) is 13.7 Å². The summed E-state index contributed by atoms with van der Waals surface area (Å²) in [5.41, 5.74) is 6.18. The number of carbonyl (C=O) groups is 2. The van der Waals surface area contributed by atoms with E-state index < -0.39 is 11.9 Å². The molecule has 0 fully saturated rings. The van der Waals surface area contributed by atoms with Gasteiger partial charge in [0, 0.05) is 5.69 Å². The van der Waals surface area contributed by atoms with Crippen LogP contribution < -0.4 is 10.5 Å². The molecule has 1 rings (SSSR count). The minimum absolute atomic E-state index is 0.181. The molecule has 1 aromatic carbocycles. The van der Waals surface area contributed by atoms with E-state index in [1.165, 1.54) is 19.2 Å². The van der Waals surface area contributed by atoms with Crippen LogP contribution in [0.5, 0.6) is 5.75 Å². The monoisotopic (exact) mass is 253 g/mol. The maximum atomic E-state index is 11.7. The maximum Gasteiger partial charge on any atom is 0.343 e. The van der Waals surface area contributed by atoms with Gasteiger partial charge in [-0.15, -0.1) is 0 Å². The summed E-state index contributed by atoms with van der Waals surface area (Å²) in [7, 11) is 1.25. The van der Waals surface area contributed by atoms with Gasteiger partial charge >= 0.3 is 11.9 Å². The molecular formula is C12H15NO5. The number of hydrogen-bond acceptors (Lipinski definition) is 6. The Balaban J connectivity index is 2.89. The van der Waals surface area contributed by atoms with Crippen LogP contribution in [-0.4, -0.2) is 32.3 Å². The van der Waals surface area contributed by atoms with Crippen molar-refractivity contribution in [3.63, 3.8) is 0 Å². The summed E-state index contributed by atoms with van der Waals surface area (Å²) in [6, 6.07) is 4.50. The molecular weight excluding hydrogens is 238 g/mol. The molecule has 6 heteroatoms. The average Bonchev–Trinajstić information content (AvgIpc) is 2.37. The van der Waals surface area contributed by atoms with Gasteiger partial charge in [0.25, 0.3) is 0 Å². The molecule has 0 aromatic heterocycles. The van der Waals surface area contributed by atoms with Gasteiger partial charge in [-0.25, -0.2) is 9.59 Å². The van der Waals surface area contributed by atoms with Crippen LogP contribution >= 0.6 is 0 Å². The summed E-state index contributed by atoms with van der Waals surface area (Å²) in [6.07, 6.45) is 0. The van der Waals surface area contributed by atoms with Crippen LogP contribution in [0.2, 0.25) is 0 Å². The first kappa shape index (κ1) is 13.8. The number of methoxy groups -OCH3 is 1. The zero-order valence-electron chi connectivity index (χ0n) is 10.3. The van der Waals surface area contributed by atoms with Gasteiger partial charge in [-0.05, 0) is 25.1 Å². The standard InChI is InChI=1S/C12H15NO5/c1-3-17-12(15)9-6-8(13)4-5-10(9)18-7-11(14)16-2/h4-6H,3,7,13H2,1-2H3. The molecule has 1 aromatic rings. The van der Waals surface area contributed by atoms with Crippen molar-refractivity contribution < 1.29 is 23.8 Å². The van der Waals surface area contributed by atoms with E-state index in [9.17, 15) is 9.59 Å². The molecule has 0 heterocycles. The van der Waals surface area contributed by atoms with Crippen molar-refractivity contribution in [2.24, 2.45) is 0 Å². The lowest BCUT2D eigenvalue weighted by atomic mass is 10.2. The fourth-order valence-corrected chi connectivity index (χ4v) is 1.24. The van der Waals surface area contributed by atoms with E-state index >= 15 is 0 Å². The molecule has 18 heavy (non-hydrogen) atoms. The molecule has 2 N–H and O–H groups in total. The highest BCUT2D eigenvalue weighted by atomic mass is 16.6. The third-order valence-corrected chi connectivity index (χ3v) is 2.07. The SMILES string of the molecule is CCOC(=O)c1cc(N)ccc1OCC(=O)OC. The molecule has 0 saturated carbocycles. The fourth-order valence-electron chi connectivity index (χ4n) is 1.24. The molecule has 0 saturated heterocycles. The predicted octanol–water partition coefficient (Wildman–Crippen LogP) is 0.997. The van der Waals surface area contributed by atoms with Crippen LogP contribution in [0, 0.1) is 0 Å². The van der Waals surface area contributed by atoms with Gasteiger partial charge < -0.3 is 19.9 Å². The van der Waals surface area contributed by atoms with Gasteiger partial charge in [0.2, 0.25) is 0 Å². The van der Waals surface area contributed by atoms with Crippen molar-refractivity contribution >= 4 is 17.6 Å². The number of benzene rings is 1. The molecule has 0 aliphatic carbocycles. The van der Waals surface area contributed by atoms with Crippen molar-refractivity contribution in [2.75, 3.05) is 26.1 Å². The molecule has 0 atom stereocenters. The Morgan fingerprint density at radius 2 is 2.06 bits per heavy atom. The smallest absolute Gasteiger partial charge is 0.343 e. The minimum Gasteiger partial charge on any atom is -0.481 e. The molecule has 0 amide bonds.